The highest BCUT2D eigenvalue weighted by atomic mass is 16.5. The molecule has 0 aliphatic carbocycles. The average molecular weight is 254 g/mol. The van der Waals surface area contributed by atoms with Gasteiger partial charge < -0.3 is 10.1 Å². The average Bonchev–Trinajstić information content (AvgIpc) is 2.48. The first kappa shape index (κ1) is 12.3. The number of rotatable bonds is 3. The van der Waals surface area contributed by atoms with E-state index in [0.717, 1.165) is 13.2 Å². The summed E-state index contributed by atoms with van der Waals surface area (Å²) in [5.74, 6) is 0. The van der Waals surface area contributed by atoms with Gasteiger partial charge in [0.05, 0.1) is 19.3 Å². The summed E-state index contributed by atoms with van der Waals surface area (Å²) in [7, 11) is 0. The lowest BCUT2D eigenvalue weighted by molar-refractivity contribution is 0.0791. The molecule has 19 heavy (non-hydrogen) atoms. The maximum absolute atomic E-state index is 5.67. The van der Waals surface area contributed by atoms with Crippen molar-refractivity contribution < 1.29 is 4.74 Å². The SMILES string of the molecule is C[C@@H](NC1COCc2ccccc21)c1ccncc1. The number of fused-ring (bicyclic) bond motifs is 1. The largest absolute Gasteiger partial charge is 0.375 e. The Morgan fingerprint density at radius 3 is 2.84 bits per heavy atom. The van der Waals surface area contributed by atoms with Crippen molar-refractivity contribution in [3.05, 3.63) is 65.5 Å². The Hall–Kier alpha value is -1.71. The lowest BCUT2D eigenvalue weighted by Crippen LogP contribution is -2.31. The third-order valence-electron chi connectivity index (χ3n) is 3.63. The molecule has 0 amide bonds. The second-order valence-electron chi connectivity index (χ2n) is 4.94. The summed E-state index contributed by atoms with van der Waals surface area (Å²) < 4.78 is 5.67. The molecule has 1 unspecified atom stereocenters. The van der Waals surface area contributed by atoms with Crippen molar-refractivity contribution in [2.45, 2.75) is 25.6 Å². The zero-order valence-corrected chi connectivity index (χ0v) is 11.0. The van der Waals surface area contributed by atoms with Gasteiger partial charge in [0, 0.05) is 18.4 Å². The number of nitrogens with zero attached hydrogens (tertiary/aromatic N) is 1. The van der Waals surface area contributed by atoms with E-state index in [4.69, 9.17) is 4.74 Å². The fourth-order valence-corrected chi connectivity index (χ4v) is 2.57. The normalized spacial score (nSPS) is 19.7. The Balaban J connectivity index is 1.78. The van der Waals surface area contributed by atoms with E-state index >= 15 is 0 Å². The van der Waals surface area contributed by atoms with Gasteiger partial charge in [-0.25, -0.2) is 0 Å². The Bertz CT molecular complexity index is 541. The number of ether oxygens (including phenoxy) is 1. The minimum atomic E-state index is 0.258. The molecule has 1 aliphatic rings. The van der Waals surface area contributed by atoms with Crippen LogP contribution in [0.25, 0.3) is 0 Å². The smallest absolute Gasteiger partial charge is 0.0721 e. The second kappa shape index (κ2) is 5.51. The van der Waals surface area contributed by atoms with Crippen molar-refractivity contribution in [3.8, 4) is 0 Å². The summed E-state index contributed by atoms with van der Waals surface area (Å²) >= 11 is 0. The maximum Gasteiger partial charge on any atom is 0.0721 e. The predicted octanol–water partition coefficient (Wildman–Crippen LogP) is 3.00. The van der Waals surface area contributed by atoms with Gasteiger partial charge in [-0.2, -0.15) is 0 Å². The van der Waals surface area contributed by atoms with Crippen molar-refractivity contribution >= 4 is 0 Å². The standard InChI is InChI=1S/C16H18N2O/c1-12(13-6-8-17-9-7-13)18-16-11-19-10-14-4-2-3-5-15(14)16/h2-9,12,16,18H,10-11H2,1H3/t12-,16?/m1/s1. The number of pyridine rings is 1. The van der Waals surface area contributed by atoms with Gasteiger partial charge in [0.25, 0.3) is 0 Å². The summed E-state index contributed by atoms with van der Waals surface area (Å²) in [6, 6.07) is 13.1. The maximum atomic E-state index is 5.67. The van der Waals surface area contributed by atoms with Gasteiger partial charge in [0.1, 0.15) is 0 Å². The van der Waals surface area contributed by atoms with E-state index in [1.54, 1.807) is 0 Å². The molecule has 3 rings (SSSR count). The molecule has 0 radical (unpaired) electrons. The van der Waals surface area contributed by atoms with Crippen LogP contribution < -0.4 is 5.32 Å². The van der Waals surface area contributed by atoms with Crippen LogP contribution in [0, 0.1) is 0 Å². The summed E-state index contributed by atoms with van der Waals surface area (Å²) in [5, 5.41) is 3.64. The summed E-state index contributed by atoms with van der Waals surface area (Å²) in [6.45, 7) is 3.62. The van der Waals surface area contributed by atoms with Gasteiger partial charge in [-0.1, -0.05) is 24.3 Å². The molecule has 0 fully saturated rings. The monoisotopic (exact) mass is 254 g/mol. The fraction of sp³-hybridized carbons (Fsp3) is 0.312. The molecular weight excluding hydrogens is 236 g/mol. The van der Waals surface area contributed by atoms with Gasteiger partial charge in [0.15, 0.2) is 0 Å². The minimum absolute atomic E-state index is 0.258. The Labute approximate surface area is 113 Å². The lowest BCUT2D eigenvalue weighted by Gasteiger charge is -2.29. The van der Waals surface area contributed by atoms with Gasteiger partial charge in [-0.3, -0.25) is 4.98 Å². The highest BCUT2D eigenvalue weighted by Gasteiger charge is 2.21. The summed E-state index contributed by atoms with van der Waals surface area (Å²) in [6.07, 6.45) is 3.66. The molecule has 3 nitrogen and oxygen atoms in total. The zero-order chi connectivity index (χ0) is 13.1. The van der Waals surface area contributed by atoms with Crippen LogP contribution in [0.4, 0.5) is 0 Å². The Morgan fingerprint density at radius 2 is 2.00 bits per heavy atom. The molecule has 2 aromatic rings. The van der Waals surface area contributed by atoms with Crippen molar-refractivity contribution in [1.29, 1.82) is 0 Å². The second-order valence-corrected chi connectivity index (χ2v) is 4.94. The first-order chi connectivity index (χ1) is 9.34. The predicted molar refractivity (Wildman–Crippen MR) is 74.6 cm³/mol. The van der Waals surface area contributed by atoms with E-state index in [-0.39, 0.29) is 12.1 Å². The Kier molecular flexibility index (Phi) is 3.58. The number of aromatic nitrogens is 1. The van der Waals surface area contributed by atoms with Gasteiger partial charge in [0.2, 0.25) is 0 Å². The van der Waals surface area contributed by atoms with Crippen LogP contribution in [-0.2, 0) is 11.3 Å². The fourth-order valence-electron chi connectivity index (χ4n) is 2.57. The van der Waals surface area contributed by atoms with Crippen LogP contribution in [-0.4, -0.2) is 11.6 Å². The topological polar surface area (TPSA) is 34.1 Å². The van der Waals surface area contributed by atoms with Crippen LogP contribution in [0.3, 0.4) is 0 Å². The number of nitrogens with one attached hydrogen (secondary N) is 1. The van der Waals surface area contributed by atoms with E-state index in [1.807, 2.05) is 24.5 Å². The van der Waals surface area contributed by atoms with Crippen molar-refractivity contribution in [3.63, 3.8) is 0 Å². The van der Waals surface area contributed by atoms with Crippen molar-refractivity contribution in [2.24, 2.45) is 0 Å². The van der Waals surface area contributed by atoms with E-state index in [2.05, 4.69) is 41.5 Å². The van der Waals surface area contributed by atoms with E-state index in [9.17, 15) is 0 Å². The van der Waals surface area contributed by atoms with Crippen molar-refractivity contribution in [1.82, 2.24) is 10.3 Å². The number of hydrogen-bond acceptors (Lipinski definition) is 3. The molecule has 1 aromatic carbocycles. The molecule has 2 heterocycles. The van der Waals surface area contributed by atoms with Gasteiger partial charge in [-0.15, -0.1) is 0 Å². The van der Waals surface area contributed by atoms with E-state index in [1.165, 1.54) is 16.7 Å². The van der Waals surface area contributed by atoms with Crippen LogP contribution in [0.2, 0.25) is 0 Å². The van der Waals surface area contributed by atoms with Crippen LogP contribution in [0.1, 0.15) is 35.7 Å². The van der Waals surface area contributed by atoms with Crippen LogP contribution >= 0.6 is 0 Å². The molecule has 0 saturated heterocycles. The third-order valence-corrected chi connectivity index (χ3v) is 3.63. The van der Waals surface area contributed by atoms with Gasteiger partial charge >= 0.3 is 0 Å². The van der Waals surface area contributed by atoms with Crippen LogP contribution in [0.5, 0.6) is 0 Å². The van der Waals surface area contributed by atoms with Crippen LogP contribution in [0.15, 0.2) is 48.8 Å². The molecule has 1 aliphatic heterocycles. The molecule has 0 bridgehead atoms. The first-order valence-corrected chi connectivity index (χ1v) is 6.66. The number of hydrogen-bond donors (Lipinski definition) is 1. The molecule has 3 heteroatoms. The third kappa shape index (κ3) is 2.67. The zero-order valence-electron chi connectivity index (χ0n) is 11.0. The molecule has 1 N–H and O–H groups in total. The lowest BCUT2D eigenvalue weighted by atomic mass is 9.97. The molecule has 0 spiro atoms. The van der Waals surface area contributed by atoms with E-state index in [0.29, 0.717) is 0 Å². The minimum Gasteiger partial charge on any atom is -0.375 e. The van der Waals surface area contributed by atoms with Crippen molar-refractivity contribution in [2.75, 3.05) is 6.61 Å². The molecular formula is C16H18N2O. The highest BCUT2D eigenvalue weighted by Crippen LogP contribution is 2.26. The summed E-state index contributed by atoms with van der Waals surface area (Å²) in [5.41, 5.74) is 3.89. The number of benzene rings is 1. The molecule has 98 valence electrons. The molecule has 2 atom stereocenters. The first-order valence-electron chi connectivity index (χ1n) is 6.66. The quantitative estimate of drug-likeness (QED) is 0.914. The van der Waals surface area contributed by atoms with E-state index < -0.39 is 0 Å². The highest BCUT2D eigenvalue weighted by molar-refractivity contribution is 5.31. The molecule has 1 aromatic heterocycles. The molecule has 0 saturated carbocycles. The Morgan fingerprint density at radius 1 is 1.21 bits per heavy atom. The summed E-state index contributed by atoms with van der Waals surface area (Å²) in [4.78, 5) is 4.06. The van der Waals surface area contributed by atoms with Gasteiger partial charge in [-0.05, 0) is 35.7 Å².